The van der Waals surface area contributed by atoms with E-state index in [1.165, 1.54) is 27.7 Å². The number of ketones is 1. The summed E-state index contributed by atoms with van der Waals surface area (Å²) in [5, 5.41) is 14.2. The first-order valence-corrected chi connectivity index (χ1v) is 5.67. The van der Waals surface area contributed by atoms with Crippen molar-refractivity contribution in [3.8, 4) is 0 Å². The van der Waals surface area contributed by atoms with Gasteiger partial charge in [0.15, 0.2) is 5.78 Å². The largest absolute Gasteiger partial charge is 3.00 e. The molecule has 0 radical (unpaired) electrons. The summed E-state index contributed by atoms with van der Waals surface area (Å²) in [6.45, 7) is 5.57. The van der Waals surface area contributed by atoms with Crippen LogP contribution in [0, 0.1) is 0 Å². The van der Waals surface area contributed by atoms with Crippen LogP contribution in [0.2, 0.25) is 0 Å². The molecule has 19 heavy (non-hydrogen) atoms. The molecule has 0 rings (SSSR count). The summed E-state index contributed by atoms with van der Waals surface area (Å²) in [7, 11) is 0. The summed E-state index contributed by atoms with van der Waals surface area (Å²) in [6.07, 6.45) is -1.27. The standard InChI is InChI=1S/C11H20N3O4.Y/c1-5(12)10(17)14-7(3)11(18)13-6(2)9(16)8(4)15;/h5-7,9,12,16H,1-4H3,(H,13,18)(H,14,17);/q-1;+3. The van der Waals surface area contributed by atoms with Crippen LogP contribution >= 0.6 is 0 Å². The van der Waals surface area contributed by atoms with Gasteiger partial charge in [-0.3, -0.25) is 14.4 Å². The zero-order valence-electron chi connectivity index (χ0n) is 11.6. The fraction of sp³-hybridized carbons (Fsp3) is 0.727. The van der Waals surface area contributed by atoms with E-state index in [0.717, 1.165) is 0 Å². The van der Waals surface area contributed by atoms with E-state index in [9.17, 15) is 19.5 Å². The second kappa shape index (κ2) is 9.52. The van der Waals surface area contributed by atoms with Crippen molar-refractivity contribution in [2.24, 2.45) is 0 Å². The smallest absolute Gasteiger partial charge is 0.667 e. The van der Waals surface area contributed by atoms with Gasteiger partial charge in [-0.2, -0.15) is 0 Å². The molecule has 4 unspecified atom stereocenters. The Bertz CT molecular complexity index is 336. The van der Waals surface area contributed by atoms with Crippen molar-refractivity contribution in [1.29, 1.82) is 0 Å². The molecule has 0 saturated carbocycles. The fourth-order valence-corrected chi connectivity index (χ4v) is 1.18. The monoisotopic (exact) mass is 347 g/mol. The summed E-state index contributed by atoms with van der Waals surface area (Å²) in [6, 6.07) is -2.52. The van der Waals surface area contributed by atoms with Crippen LogP contribution in [0.3, 0.4) is 0 Å². The Morgan fingerprint density at radius 3 is 1.89 bits per heavy atom. The second-order valence-electron chi connectivity index (χ2n) is 4.30. The van der Waals surface area contributed by atoms with Gasteiger partial charge in [0.05, 0.1) is 6.04 Å². The molecule has 0 fully saturated rings. The fourth-order valence-electron chi connectivity index (χ4n) is 1.18. The molecule has 0 bridgehead atoms. The van der Waals surface area contributed by atoms with Gasteiger partial charge in [0, 0.05) is 0 Å². The van der Waals surface area contributed by atoms with E-state index in [1.807, 2.05) is 0 Å². The summed E-state index contributed by atoms with van der Waals surface area (Å²) < 4.78 is 0. The third-order valence-electron chi connectivity index (χ3n) is 2.41. The quantitative estimate of drug-likeness (QED) is 0.593. The Labute approximate surface area is 137 Å². The average Bonchev–Trinajstić information content (AvgIpc) is 2.26. The van der Waals surface area contributed by atoms with Crippen molar-refractivity contribution in [3.63, 3.8) is 0 Å². The van der Waals surface area contributed by atoms with Gasteiger partial charge in [0.1, 0.15) is 12.1 Å². The van der Waals surface area contributed by atoms with Crippen molar-refractivity contribution in [2.75, 3.05) is 0 Å². The van der Waals surface area contributed by atoms with E-state index in [1.54, 1.807) is 0 Å². The molecule has 7 nitrogen and oxygen atoms in total. The summed E-state index contributed by atoms with van der Waals surface area (Å²) in [5.74, 6) is -1.52. The maximum Gasteiger partial charge on any atom is 3.00 e. The molecule has 0 saturated heterocycles. The van der Waals surface area contributed by atoms with E-state index in [-0.39, 0.29) is 32.7 Å². The van der Waals surface area contributed by atoms with Gasteiger partial charge < -0.3 is 21.5 Å². The number of nitrogens with one attached hydrogen (secondary N) is 3. The minimum atomic E-state index is -1.27. The van der Waals surface area contributed by atoms with Crippen molar-refractivity contribution in [1.82, 2.24) is 10.6 Å². The van der Waals surface area contributed by atoms with Crippen molar-refractivity contribution >= 4 is 17.6 Å². The molecule has 0 spiro atoms. The number of rotatable bonds is 6. The SMILES string of the molecule is CC(=O)C(O)C(C)NC(=O)C(C)NC(=O)C(C)[NH-].[Y+3]. The number of hydrogen-bond donors (Lipinski definition) is 3. The number of Topliss-reactive ketones (excluding diaryl/α,β-unsaturated/α-hetero) is 1. The van der Waals surface area contributed by atoms with Gasteiger partial charge in [0.25, 0.3) is 0 Å². The molecule has 0 aliphatic rings. The van der Waals surface area contributed by atoms with Crippen molar-refractivity contribution in [3.05, 3.63) is 5.73 Å². The average molecular weight is 347 g/mol. The first kappa shape index (κ1) is 20.9. The predicted octanol–water partition coefficient (Wildman–Crippen LogP) is -0.616. The molecule has 0 heterocycles. The zero-order chi connectivity index (χ0) is 14.5. The molecule has 8 heteroatoms. The molecule has 4 atom stereocenters. The molecular weight excluding hydrogens is 327 g/mol. The minimum absolute atomic E-state index is 0. The molecule has 0 aromatic rings. The van der Waals surface area contributed by atoms with Gasteiger partial charge in [-0.1, -0.05) is 13.0 Å². The third kappa shape index (κ3) is 7.72. The molecule has 104 valence electrons. The number of carbonyl (C=O) groups excluding carboxylic acids is 3. The predicted molar refractivity (Wildman–Crippen MR) is 65.7 cm³/mol. The summed E-state index contributed by atoms with van der Waals surface area (Å²) >= 11 is 0. The van der Waals surface area contributed by atoms with E-state index < -0.39 is 41.8 Å². The van der Waals surface area contributed by atoms with Crippen LogP contribution in [0.5, 0.6) is 0 Å². The Hall–Kier alpha value is -0.366. The van der Waals surface area contributed by atoms with Crippen LogP contribution < -0.4 is 10.6 Å². The maximum atomic E-state index is 11.6. The molecule has 4 N–H and O–H groups in total. The van der Waals surface area contributed by atoms with E-state index in [0.29, 0.717) is 0 Å². The van der Waals surface area contributed by atoms with Crippen LogP contribution in [0.1, 0.15) is 27.7 Å². The Morgan fingerprint density at radius 1 is 1.05 bits per heavy atom. The molecule has 0 aromatic carbocycles. The van der Waals surface area contributed by atoms with Gasteiger partial charge in [-0.25, -0.2) is 0 Å². The number of hydrogen-bond acceptors (Lipinski definition) is 4. The maximum absolute atomic E-state index is 11.6. The number of carbonyl (C=O) groups is 3. The summed E-state index contributed by atoms with van der Waals surface area (Å²) in [4.78, 5) is 33.7. The molecule has 0 aliphatic carbocycles. The first-order chi connectivity index (χ1) is 8.16. The van der Waals surface area contributed by atoms with E-state index >= 15 is 0 Å². The topological polar surface area (TPSA) is 119 Å². The Balaban J connectivity index is 0. The van der Waals surface area contributed by atoms with Crippen molar-refractivity contribution in [2.45, 2.75) is 51.9 Å². The molecule has 0 aliphatic heterocycles. The van der Waals surface area contributed by atoms with E-state index in [2.05, 4.69) is 10.6 Å². The third-order valence-corrected chi connectivity index (χ3v) is 2.41. The first-order valence-electron chi connectivity index (χ1n) is 5.67. The van der Waals surface area contributed by atoms with Crippen molar-refractivity contribution < 1.29 is 52.2 Å². The van der Waals surface area contributed by atoms with Gasteiger partial charge in [-0.05, 0) is 20.8 Å². The molecule has 2 amide bonds. The van der Waals surface area contributed by atoms with Crippen LogP contribution in [0.4, 0.5) is 0 Å². The Morgan fingerprint density at radius 2 is 1.53 bits per heavy atom. The second-order valence-corrected chi connectivity index (χ2v) is 4.30. The van der Waals surface area contributed by atoms with Crippen LogP contribution in [0.15, 0.2) is 0 Å². The summed E-state index contributed by atoms with van der Waals surface area (Å²) in [5.41, 5.74) is 7.16. The normalized spacial score (nSPS) is 16.3. The van der Waals surface area contributed by atoms with Crippen LogP contribution in [-0.2, 0) is 47.1 Å². The number of aliphatic hydroxyl groups excluding tert-OH is 1. The Kier molecular flexibility index (Phi) is 10.5. The van der Waals surface area contributed by atoms with Gasteiger partial charge in [0.2, 0.25) is 11.8 Å². The minimum Gasteiger partial charge on any atom is -0.667 e. The number of aliphatic hydroxyl groups is 1. The molecular formula is C11H20N3O4Y+2. The van der Waals surface area contributed by atoms with Crippen LogP contribution in [0.25, 0.3) is 5.73 Å². The van der Waals surface area contributed by atoms with Gasteiger partial charge >= 0.3 is 32.7 Å². The molecule has 0 aromatic heterocycles. The number of amides is 2. The zero-order valence-corrected chi connectivity index (χ0v) is 14.4. The van der Waals surface area contributed by atoms with E-state index in [4.69, 9.17) is 5.73 Å². The van der Waals surface area contributed by atoms with Crippen LogP contribution in [-0.4, -0.2) is 46.9 Å². The van der Waals surface area contributed by atoms with Gasteiger partial charge in [-0.15, -0.1) is 0 Å².